The molecule has 0 bridgehead atoms. The maximum atomic E-state index is 13.0. The summed E-state index contributed by atoms with van der Waals surface area (Å²) in [7, 11) is -3.70. The number of hydrogen-bond donors (Lipinski definition) is 2. The van der Waals surface area contributed by atoms with Gasteiger partial charge in [-0.2, -0.15) is 4.31 Å². The van der Waals surface area contributed by atoms with Crippen LogP contribution in [-0.4, -0.2) is 37.0 Å². The van der Waals surface area contributed by atoms with Crippen LogP contribution < -0.4 is 5.73 Å². The molecule has 0 heterocycles. The van der Waals surface area contributed by atoms with Crippen LogP contribution in [0.4, 0.5) is 5.69 Å². The van der Waals surface area contributed by atoms with Crippen LogP contribution in [0.3, 0.4) is 0 Å². The van der Waals surface area contributed by atoms with Crippen molar-refractivity contribution in [2.24, 2.45) is 0 Å². The summed E-state index contributed by atoms with van der Waals surface area (Å²) < 4.78 is 28.2. The molecule has 1 aliphatic carbocycles. The third-order valence-corrected chi connectivity index (χ3v) is 7.47. The van der Waals surface area contributed by atoms with Crippen LogP contribution >= 0.6 is 31.9 Å². The fraction of sp³-hybridized carbons (Fsp3) is 0.538. The summed E-state index contributed by atoms with van der Waals surface area (Å²) in [5, 5.41) is 9.24. The molecule has 0 aliphatic heterocycles. The van der Waals surface area contributed by atoms with Crippen LogP contribution in [0, 0.1) is 0 Å². The van der Waals surface area contributed by atoms with Crippen molar-refractivity contribution < 1.29 is 13.5 Å². The molecular formula is C13H18Br2N2O3S. The van der Waals surface area contributed by atoms with Gasteiger partial charge in [-0.25, -0.2) is 8.42 Å². The second-order valence-corrected chi connectivity index (χ2v) is 8.63. The van der Waals surface area contributed by atoms with Gasteiger partial charge in [0.15, 0.2) is 0 Å². The van der Waals surface area contributed by atoms with Crippen molar-refractivity contribution in [3.8, 4) is 0 Å². The zero-order valence-corrected chi connectivity index (χ0v) is 15.4. The average Bonchev–Trinajstić information content (AvgIpc) is 2.87. The molecule has 8 heteroatoms. The molecule has 5 nitrogen and oxygen atoms in total. The molecule has 0 spiro atoms. The Morgan fingerprint density at radius 3 is 2.24 bits per heavy atom. The quantitative estimate of drug-likeness (QED) is 0.688. The third-order valence-electron chi connectivity index (χ3n) is 3.64. The van der Waals surface area contributed by atoms with E-state index in [4.69, 9.17) is 5.73 Å². The lowest BCUT2D eigenvalue weighted by Gasteiger charge is -2.28. The lowest BCUT2D eigenvalue weighted by atomic mass is 10.2. The van der Waals surface area contributed by atoms with Gasteiger partial charge in [-0.05, 0) is 56.8 Å². The van der Waals surface area contributed by atoms with Crippen molar-refractivity contribution in [1.29, 1.82) is 0 Å². The summed E-state index contributed by atoms with van der Waals surface area (Å²) in [4.78, 5) is 0.164. The lowest BCUT2D eigenvalue weighted by molar-refractivity contribution is 0.226. The van der Waals surface area contributed by atoms with Gasteiger partial charge in [-0.1, -0.05) is 12.8 Å². The van der Waals surface area contributed by atoms with E-state index < -0.39 is 10.0 Å². The molecule has 0 radical (unpaired) electrons. The first-order valence-corrected chi connectivity index (χ1v) is 9.77. The first kappa shape index (κ1) is 17.2. The van der Waals surface area contributed by atoms with Crippen molar-refractivity contribution >= 4 is 47.6 Å². The van der Waals surface area contributed by atoms with Gasteiger partial charge >= 0.3 is 0 Å². The number of nitrogens with zero attached hydrogens (tertiary/aromatic N) is 1. The molecule has 1 saturated carbocycles. The summed E-state index contributed by atoms with van der Waals surface area (Å²) in [6.07, 6.45) is 3.71. The highest BCUT2D eigenvalue weighted by Crippen LogP contribution is 2.37. The van der Waals surface area contributed by atoms with E-state index in [0.29, 0.717) is 14.6 Å². The number of nitrogens with two attached hydrogens (primary N) is 1. The second kappa shape index (κ2) is 6.95. The Morgan fingerprint density at radius 2 is 1.76 bits per heavy atom. The van der Waals surface area contributed by atoms with E-state index in [-0.39, 0.29) is 24.1 Å². The van der Waals surface area contributed by atoms with Gasteiger partial charge in [-0.15, -0.1) is 0 Å². The smallest absolute Gasteiger partial charge is 0.245 e. The van der Waals surface area contributed by atoms with E-state index in [9.17, 15) is 13.5 Å². The van der Waals surface area contributed by atoms with Gasteiger partial charge in [0.25, 0.3) is 0 Å². The molecule has 118 valence electrons. The molecule has 1 aromatic rings. The normalized spacial score (nSPS) is 16.8. The number of anilines is 1. The molecule has 0 amide bonds. The molecule has 2 rings (SSSR count). The van der Waals surface area contributed by atoms with Gasteiger partial charge < -0.3 is 10.8 Å². The Balaban J connectivity index is 2.48. The molecule has 0 saturated heterocycles. The summed E-state index contributed by atoms with van der Waals surface area (Å²) in [6, 6.07) is 3.10. The predicted octanol–water partition coefficient (Wildman–Crippen LogP) is 2.72. The average molecular weight is 442 g/mol. The first-order valence-electron chi connectivity index (χ1n) is 6.75. The molecule has 1 aromatic carbocycles. The number of halogens is 2. The van der Waals surface area contributed by atoms with Crippen molar-refractivity contribution in [2.45, 2.75) is 36.6 Å². The zero-order valence-electron chi connectivity index (χ0n) is 11.4. The Hall–Kier alpha value is -0.150. The first-order chi connectivity index (χ1) is 9.87. The topological polar surface area (TPSA) is 83.6 Å². The summed E-state index contributed by atoms with van der Waals surface area (Å²) in [5.74, 6) is 0. The third kappa shape index (κ3) is 3.61. The summed E-state index contributed by atoms with van der Waals surface area (Å²) in [6.45, 7) is -0.0871. The van der Waals surface area contributed by atoms with Gasteiger partial charge in [0.1, 0.15) is 4.90 Å². The number of aliphatic hydroxyl groups is 1. The predicted molar refractivity (Wildman–Crippen MR) is 89.5 cm³/mol. The minimum absolute atomic E-state index is 0.0431. The number of aliphatic hydroxyl groups excluding tert-OH is 1. The molecule has 0 aromatic heterocycles. The fourth-order valence-corrected chi connectivity index (χ4v) is 6.95. The van der Waals surface area contributed by atoms with Gasteiger partial charge in [0.2, 0.25) is 10.0 Å². The molecule has 0 unspecified atom stereocenters. The SMILES string of the molecule is Nc1cc(Br)c(S(=O)(=O)N(CCO)C2CCCC2)c(Br)c1. The Morgan fingerprint density at radius 1 is 1.24 bits per heavy atom. The Bertz CT molecular complexity index is 593. The fourth-order valence-electron chi connectivity index (χ4n) is 2.73. The van der Waals surface area contributed by atoms with E-state index in [1.54, 1.807) is 12.1 Å². The monoisotopic (exact) mass is 440 g/mol. The maximum Gasteiger partial charge on any atom is 0.245 e. The van der Waals surface area contributed by atoms with Crippen LogP contribution in [-0.2, 0) is 10.0 Å². The summed E-state index contributed by atoms with van der Waals surface area (Å²) in [5.41, 5.74) is 6.19. The highest BCUT2D eigenvalue weighted by Gasteiger charge is 2.35. The van der Waals surface area contributed by atoms with Gasteiger partial charge in [0.05, 0.1) is 6.61 Å². The Labute approximate surface area is 141 Å². The zero-order chi connectivity index (χ0) is 15.6. The standard InChI is InChI=1S/C13H18Br2N2O3S/c14-11-7-9(16)8-12(15)13(11)21(19,20)17(5-6-18)10-3-1-2-4-10/h7-8,10,18H,1-6,16H2. The highest BCUT2D eigenvalue weighted by atomic mass is 79.9. The molecule has 21 heavy (non-hydrogen) atoms. The van der Waals surface area contributed by atoms with E-state index in [1.165, 1.54) is 4.31 Å². The minimum Gasteiger partial charge on any atom is -0.399 e. The molecule has 1 aliphatic rings. The van der Waals surface area contributed by atoms with Crippen molar-refractivity contribution in [1.82, 2.24) is 4.31 Å². The molecule has 3 N–H and O–H groups in total. The number of benzene rings is 1. The number of nitrogen functional groups attached to an aromatic ring is 1. The van der Waals surface area contributed by atoms with E-state index in [0.717, 1.165) is 25.7 Å². The van der Waals surface area contributed by atoms with Gasteiger partial charge in [0, 0.05) is 27.2 Å². The van der Waals surface area contributed by atoms with Crippen LogP contribution in [0.2, 0.25) is 0 Å². The maximum absolute atomic E-state index is 13.0. The highest BCUT2D eigenvalue weighted by molar-refractivity contribution is 9.11. The van der Waals surface area contributed by atoms with Crippen LogP contribution in [0.25, 0.3) is 0 Å². The number of hydrogen-bond acceptors (Lipinski definition) is 4. The lowest BCUT2D eigenvalue weighted by Crippen LogP contribution is -2.41. The Kier molecular flexibility index (Phi) is 5.70. The van der Waals surface area contributed by atoms with Crippen LogP contribution in [0.15, 0.2) is 26.0 Å². The minimum atomic E-state index is -3.70. The van der Waals surface area contributed by atoms with Crippen molar-refractivity contribution in [2.75, 3.05) is 18.9 Å². The van der Waals surface area contributed by atoms with E-state index in [1.807, 2.05) is 0 Å². The van der Waals surface area contributed by atoms with Crippen molar-refractivity contribution in [3.63, 3.8) is 0 Å². The largest absolute Gasteiger partial charge is 0.399 e. The van der Waals surface area contributed by atoms with Gasteiger partial charge in [-0.3, -0.25) is 0 Å². The van der Waals surface area contributed by atoms with E-state index in [2.05, 4.69) is 31.9 Å². The summed E-state index contributed by atoms with van der Waals surface area (Å²) >= 11 is 6.57. The van der Waals surface area contributed by atoms with Crippen LogP contribution in [0.5, 0.6) is 0 Å². The molecule has 0 atom stereocenters. The number of sulfonamides is 1. The van der Waals surface area contributed by atoms with Crippen molar-refractivity contribution in [3.05, 3.63) is 21.1 Å². The molecular weight excluding hydrogens is 424 g/mol. The van der Waals surface area contributed by atoms with Crippen LogP contribution in [0.1, 0.15) is 25.7 Å². The second-order valence-electron chi connectivity index (χ2n) is 5.09. The molecule has 1 fully saturated rings. The number of rotatable bonds is 5. The van der Waals surface area contributed by atoms with E-state index >= 15 is 0 Å².